The number of hydrogen-bond acceptors (Lipinski definition) is 7. The summed E-state index contributed by atoms with van der Waals surface area (Å²) in [6, 6.07) is 20.7. The predicted octanol–water partition coefficient (Wildman–Crippen LogP) is 3.84. The Kier molecular flexibility index (Phi) is 5.24. The summed E-state index contributed by atoms with van der Waals surface area (Å²) in [5.74, 6) is 1.03. The van der Waals surface area contributed by atoms with Crippen LogP contribution >= 0.6 is 11.8 Å². The third-order valence-corrected chi connectivity index (χ3v) is 5.65. The van der Waals surface area contributed by atoms with Crippen molar-refractivity contribution in [1.82, 2.24) is 20.2 Å². The molecule has 4 aromatic rings. The summed E-state index contributed by atoms with van der Waals surface area (Å²) in [5, 5.41) is 14.2. The van der Waals surface area contributed by atoms with Crippen molar-refractivity contribution in [3.8, 4) is 17.2 Å². The first-order chi connectivity index (χ1) is 15.3. The van der Waals surface area contributed by atoms with Crippen LogP contribution in [-0.4, -0.2) is 39.3 Å². The molecule has 1 N–H and O–H groups in total. The molecule has 2 heterocycles. The van der Waals surface area contributed by atoms with Crippen LogP contribution in [0.3, 0.4) is 0 Å². The van der Waals surface area contributed by atoms with Gasteiger partial charge in [-0.2, -0.15) is 0 Å². The molecule has 1 aliphatic heterocycles. The summed E-state index contributed by atoms with van der Waals surface area (Å²) < 4.78 is 12.9. The van der Waals surface area contributed by atoms with E-state index in [-0.39, 0.29) is 5.91 Å². The fourth-order valence-electron chi connectivity index (χ4n) is 3.13. The Balaban J connectivity index is 1.46. The van der Waals surface area contributed by atoms with Crippen LogP contribution in [0.15, 0.2) is 82.8 Å². The fraction of sp³-hybridized carbons (Fsp3) is 0.0909. The first-order valence-electron chi connectivity index (χ1n) is 9.57. The Hall–Kier alpha value is -3.85. The summed E-state index contributed by atoms with van der Waals surface area (Å²) in [6.07, 6.45) is 1.48. The smallest absolute Gasteiger partial charge is 0.255 e. The summed E-state index contributed by atoms with van der Waals surface area (Å²) in [7, 11) is 0. The van der Waals surface area contributed by atoms with Crippen LogP contribution in [0.4, 0.5) is 5.69 Å². The van der Waals surface area contributed by atoms with E-state index in [0.717, 1.165) is 9.79 Å². The minimum absolute atomic E-state index is 0.249. The number of carbonyl (C=O) groups is 1. The zero-order valence-corrected chi connectivity index (χ0v) is 17.1. The van der Waals surface area contributed by atoms with Crippen molar-refractivity contribution >= 4 is 23.4 Å². The molecule has 0 aliphatic carbocycles. The Bertz CT molecular complexity index is 1220. The molecule has 0 saturated carbocycles. The van der Waals surface area contributed by atoms with Gasteiger partial charge in [0.1, 0.15) is 19.5 Å². The van der Waals surface area contributed by atoms with E-state index in [0.29, 0.717) is 41.7 Å². The van der Waals surface area contributed by atoms with Gasteiger partial charge in [-0.25, -0.2) is 4.68 Å². The maximum absolute atomic E-state index is 13.1. The molecule has 154 valence electrons. The zero-order valence-electron chi connectivity index (χ0n) is 16.3. The summed E-state index contributed by atoms with van der Waals surface area (Å²) in [4.78, 5) is 15.0. The van der Waals surface area contributed by atoms with Crippen LogP contribution in [0, 0.1) is 0 Å². The van der Waals surface area contributed by atoms with Gasteiger partial charge < -0.3 is 14.8 Å². The monoisotopic (exact) mass is 431 g/mol. The number of tetrazole rings is 1. The highest BCUT2D eigenvalue weighted by atomic mass is 32.2. The van der Waals surface area contributed by atoms with Gasteiger partial charge in [0.2, 0.25) is 0 Å². The number of benzene rings is 3. The largest absolute Gasteiger partial charge is 0.486 e. The van der Waals surface area contributed by atoms with Crippen molar-refractivity contribution < 1.29 is 14.3 Å². The number of nitrogens with zero attached hydrogens (tertiary/aromatic N) is 4. The number of anilines is 1. The first kappa shape index (κ1) is 19.1. The molecule has 0 unspecified atom stereocenters. The number of hydrogen-bond donors (Lipinski definition) is 1. The normalized spacial score (nSPS) is 12.4. The third-order valence-electron chi connectivity index (χ3n) is 4.59. The van der Waals surface area contributed by atoms with E-state index in [1.54, 1.807) is 30.0 Å². The van der Waals surface area contributed by atoms with Gasteiger partial charge in [0.15, 0.2) is 11.5 Å². The second-order valence-electron chi connectivity index (χ2n) is 6.67. The highest BCUT2D eigenvalue weighted by Gasteiger charge is 2.19. The topological polar surface area (TPSA) is 91.2 Å². The van der Waals surface area contributed by atoms with Crippen LogP contribution in [0.1, 0.15) is 10.4 Å². The lowest BCUT2D eigenvalue weighted by molar-refractivity contribution is 0.102. The van der Waals surface area contributed by atoms with Crippen molar-refractivity contribution in [3.63, 3.8) is 0 Å². The Morgan fingerprint density at radius 1 is 0.968 bits per heavy atom. The van der Waals surface area contributed by atoms with E-state index in [1.807, 2.05) is 48.5 Å². The quantitative estimate of drug-likeness (QED) is 0.513. The average Bonchev–Trinajstić information content (AvgIpc) is 3.35. The average molecular weight is 431 g/mol. The molecule has 1 aliphatic rings. The van der Waals surface area contributed by atoms with Crippen molar-refractivity contribution in [3.05, 3.63) is 78.6 Å². The van der Waals surface area contributed by atoms with Gasteiger partial charge in [-0.1, -0.05) is 36.0 Å². The molecule has 0 bridgehead atoms. The van der Waals surface area contributed by atoms with Crippen LogP contribution in [0.5, 0.6) is 11.5 Å². The SMILES string of the molecule is O=C(Nc1cc2c(cc1Sc1ccccc1)OCCO2)c1cccc(-n2cnnn2)c1. The molecular formula is C22H17N5O3S. The molecule has 0 spiro atoms. The van der Waals surface area contributed by atoms with Crippen LogP contribution in [0.2, 0.25) is 0 Å². The molecule has 1 aromatic heterocycles. The van der Waals surface area contributed by atoms with Gasteiger partial charge in [-0.15, -0.1) is 5.10 Å². The molecule has 0 fully saturated rings. The van der Waals surface area contributed by atoms with Crippen LogP contribution < -0.4 is 14.8 Å². The Labute approximate surface area is 182 Å². The van der Waals surface area contributed by atoms with Gasteiger partial charge in [-0.05, 0) is 40.8 Å². The highest BCUT2D eigenvalue weighted by Crippen LogP contribution is 2.42. The summed E-state index contributed by atoms with van der Waals surface area (Å²) in [5.41, 5.74) is 1.83. The van der Waals surface area contributed by atoms with Crippen molar-refractivity contribution in [1.29, 1.82) is 0 Å². The lowest BCUT2D eigenvalue weighted by Crippen LogP contribution is -2.17. The molecule has 0 saturated heterocycles. The van der Waals surface area contributed by atoms with Gasteiger partial charge >= 0.3 is 0 Å². The molecule has 0 radical (unpaired) electrons. The second kappa shape index (κ2) is 8.49. The lowest BCUT2D eigenvalue weighted by Gasteiger charge is -2.21. The van der Waals surface area contributed by atoms with Gasteiger partial charge in [0.05, 0.1) is 11.4 Å². The standard InChI is InChI=1S/C22H17N5O3S/c28-22(15-5-4-6-16(11-15)27-14-23-25-26-27)24-18-12-19-20(30-10-9-29-19)13-21(18)31-17-7-2-1-3-8-17/h1-8,11-14H,9-10H2,(H,24,28). The molecule has 5 rings (SSSR count). The predicted molar refractivity (Wildman–Crippen MR) is 115 cm³/mol. The van der Waals surface area contributed by atoms with Crippen molar-refractivity contribution in [2.75, 3.05) is 18.5 Å². The minimum atomic E-state index is -0.249. The fourth-order valence-corrected chi connectivity index (χ4v) is 4.06. The van der Waals surface area contributed by atoms with Crippen molar-refractivity contribution in [2.45, 2.75) is 9.79 Å². The zero-order chi connectivity index (χ0) is 21.0. The number of amides is 1. The second-order valence-corrected chi connectivity index (χ2v) is 7.78. The number of nitrogens with one attached hydrogen (secondary N) is 1. The number of ether oxygens (including phenoxy) is 2. The summed E-state index contributed by atoms with van der Waals surface area (Å²) in [6.45, 7) is 0.970. The number of rotatable bonds is 5. The van der Waals surface area contributed by atoms with E-state index in [9.17, 15) is 4.79 Å². The number of carbonyl (C=O) groups excluding carboxylic acids is 1. The van der Waals surface area contributed by atoms with Crippen LogP contribution in [0.25, 0.3) is 5.69 Å². The minimum Gasteiger partial charge on any atom is -0.486 e. The van der Waals surface area contributed by atoms with E-state index < -0.39 is 0 Å². The van der Waals surface area contributed by atoms with E-state index >= 15 is 0 Å². The first-order valence-corrected chi connectivity index (χ1v) is 10.4. The third kappa shape index (κ3) is 4.22. The molecule has 31 heavy (non-hydrogen) atoms. The van der Waals surface area contributed by atoms with E-state index in [1.165, 1.54) is 11.0 Å². The summed E-state index contributed by atoms with van der Waals surface area (Å²) >= 11 is 1.54. The molecule has 3 aromatic carbocycles. The Morgan fingerprint density at radius 3 is 2.55 bits per heavy atom. The van der Waals surface area contributed by atoms with Gasteiger partial charge in [0, 0.05) is 27.5 Å². The van der Waals surface area contributed by atoms with Crippen molar-refractivity contribution in [2.24, 2.45) is 0 Å². The van der Waals surface area contributed by atoms with Gasteiger partial charge in [-0.3, -0.25) is 4.79 Å². The van der Waals surface area contributed by atoms with E-state index in [2.05, 4.69) is 20.8 Å². The van der Waals surface area contributed by atoms with Crippen LogP contribution in [-0.2, 0) is 0 Å². The molecular weight excluding hydrogens is 414 g/mol. The Morgan fingerprint density at radius 2 is 1.77 bits per heavy atom. The molecule has 0 atom stereocenters. The maximum Gasteiger partial charge on any atom is 0.255 e. The molecule has 1 amide bonds. The molecule has 8 nitrogen and oxygen atoms in total. The lowest BCUT2D eigenvalue weighted by atomic mass is 10.1. The van der Waals surface area contributed by atoms with Gasteiger partial charge in [0.25, 0.3) is 5.91 Å². The number of aromatic nitrogens is 4. The molecule has 9 heteroatoms. The van der Waals surface area contributed by atoms with E-state index in [4.69, 9.17) is 9.47 Å². The highest BCUT2D eigenvalue weighted by molar-refractivity contribution is 7.99. The number of fused-ring (bicyclic) bond motifs is 1. The maximum atomic E-state index is 13.1.